The van der Waals surface area contributed by atoms with Crippen LogP contribution in [-0.4, -0.2) is 4.98 Å². The zero-order valence-corrected chi connectivity index (χ0v) is 18.7. The van der Waals surface area contributed by atoms with Crippen molar-refractivity contribution in [3.63, 3.8) is 0 Å². The first-order valence-corrected chi connectivity index (χ1v) is 11.3. The fourth-order valence-electron chi connectivity index (χ4n) is 2.74. The van der Waals surface area contributed by atoms with Crippen molar-refractivity contribution < 1.29 is 4.74 Å². The molecule has 0 aliphatic rings. The van der Waals surface area contributed by atoms with E-state index in [1.165, 1.54) is 11.8 Å². The lowest BCUT2D eigenvalue weighted by Crippen LogP contribution is -1.98. The van der Waals surface area contributed by atoms with Gasteiger partial charge in [-0.05, 0) is 48.2 Å². The molecule has 0 radical (unpaired) electrons. The molecule has 0 N–H and O–H groups in total. The Labute approximate surface area is 192 Å². The number of hydrogen-bond acceptors (Lipinski definition) is 5. The molecule has 0 aliphatic heterocycles. The SMILES string of the molecule is N#C/C(=C/c1ccccc1OCc1ccc(Cl)cc1Cl)Sc1nc2ccccc2s1. The van der Waals surface area contributed by atoms with Crippen molar-refractivity contribution in [1.29, 1.82) is 5.26 Å². The van der Waals surface area contributed by atoms with Crippen LogP contribution in [0.3, 0.4) is 0 Å². The molecule has 4 aromatic rings. The number of nitrogens with zero attached hydrogens (tertiary/aromatic N) is 2. The molecule has 1 aromatic heterocycles. The number of thioether (sulfide) groups is 1. The van der Waals surface area contributed by atoms with E-state index in [1.807, 2.05) is 60.7 Å². The topological polar surface area (TPSA) is 45.9 Å². The molecule has 3 aromatic carbocycles. The van der Waals surface area contributed by atoms with Crippen LogP contribution in [0.1, 0.15) is 11.1 Å². The van der Waals surface area contributed by atoms with Crippen molar-refractivity contribution in [1.82, 2.24) is 4.98 Å². The zero-order valence-electron chi connectivity index (χ0n) is 15.5. The van der Waals surface area contributed by atoms with Gasteiger partial charge in [-0.2, -0.15) is 5.26 Å². The molecule has 0 amide bonds. The number of aromatic nitrogens is 1. The molecule has 1 heterocycles. The van der Waals surface area contributed by atoms with Gasteiger partial charge in [-0.3, -0.25) is 0 Å². The summed E-state index contributed by atoms with van der Waals surface area (Å²) >= 11 is 15.1. The molecule has 0 atom stereocenters. The number of benzene rings is 3. The quantitative estimate of drug-likeness (QED) is 0.213. The van der Waals surface area contributed by atoms with E-state index in [9.17, 15) is 5.26 Å². The first-order valence-electron chi connectivity index (χ1n) is 8.93. The fraction of sp³-hybridized carbons (Fsp3) is 0.0435. The standard InChI is InChI=1S/C23H14Cl2N2OS2/c24-17-10-9-16(19(25)12-17)14-28-21-7-3-1-5-15(21)11-18(13-26)29-23-27-20-6-2-4-8-22(20)30-23/h1-12H,14H2/b18-11-. The highest BCUT2D eigenvalue weighted by molar-refractivity contribution is 8.05. The Morgan fingerprint density at radius 3 is 2.70 bits per heavy atom. The predicted molar refractivity (Wildman–Crippen MR) is 126 cm³/mol. The number of allylic oxidation sites excluding steroid dienone is 1. The van der Waals surface area contributed by atoms with E-state index in [0.29, 0.717) is 27.3 Å². The van der Waals surface area contributed by atoms with Gasteiger partial charge in [-0.15, -0.1) is 11.3 Å². The second-order valence-electron chi connectivity index (χ2n) is 6.23. The number of thiazole rings is 1. The minimum Gasteiger partial charge on any atom is -0.488 e. The molecule has 0 fully saturated rings. The molecule has 30 heavy (non-hydrogen) atoms. The Morgan fingerprint density at radius 2 is 1.90 bits per heavy atom. The second-order valence-corrected chi connectivity index (χ2v) is 9.40. The highest BCUT2D eigenvalue weighted by atomic mass is 35.5. The number of para-hydroxylation sites is 2. The van der Waals surface area contributed by atoms with E-state index < -0.39 is 0 Å². The molecule has 0 saturated carbocycles. The molecule has 0 aliphatic carbocycles. The number of fused-ring (bicyclic) bond motifs is 1. The van der Waals surface area contributed by atoms with Gasteiger partial charge < -0.3 is 4.74 Å². The zero-order chi connectivity index (χ0) is 20.9. The largest absolute Gasteiger partial charge is 0.488 e. The Morgan fingerprint density at radius 1 is 1.10 bits per heavy atom. The average molecular weight is 469 g/mol. The molecule has 0 saturated heterocycles. The lowest BCUT2D eigenvalue weighted by molar-refractivity contribution is 0.305. The Balaban J connectivity index is 1.55. The van der Waals surface area contributed by atoms with Gasteiger partial charge in [0.25, 0.3) is 0 Å². The molecule has 0 spiro atoms. The highest BCUT2D eigenvalue weighted by Gasteiger charge is 2.10. The van der Waals surface area contributed by atoms with Crippen molar-refractivity contribution >= 4 is 62.6 Å². The van der Waals surface area contributed by atoms with Crippen molar-refractivity contribution in [2.75, 3.05) is 0 Å². The Kier molecular flexibility index (Phi) is 6.61. The monoisotopic (exact) mass is 468 g/mol. The van der Waals surface area contributed by atoms with Gasteiger partial charge in [-0.25, -0.2) is 4.98 Å². The average Bonchev–Trinajstić information content (AvgIpc) is 3.16. The van der Waals surface area contributed by atoms with E-state index in [0.717, 1.165) is 25.7 Å². The summed E-state index contributed by atoms with van der Waals surface area (Å²) in [5, 5.41) is 10.8. The molecule has 0 unspecified atom stereocenters. The van der Waals surface area contributed by atoms with Gasteiger partial charge in [0.2, 0.25) is 0 Å². The first kappa shape index (κ1) is 20.8. The molecule has 4 rings (SSSR count). The molecule has 0 bridgehead atoms. The molecule has 7 heteroatoms. The van der Waals surface area contributed by atoms with Crippen LogP contribution in [0.2, 0.25) is 10.0 Å². The van der Waals surface area contributed by atoms with E-state index in [2.05, 4.69) is 11.1 Å². The third-order valence-electron chi connectivity index (χ3n) is 4.19. The molecule has 3 nitrogen and oxygen atoms in total. The first-order chi connectivity index (χ1) is 14.6. The third-order valence-corrected chi connectivity index (χ3v) is 6.80. The lowest BCUT2D eigenvalue weighted by Gasteiger charge is -2.11. The van der Waals surface area contributed by atoms with Crippen LogP contribution in [0.5, 0.6) is 5.75 Å². The van der Waals surface area contributed by atoms with Gasteiger partial charge in [0.05, 0.1) is 15.1 Å². The number of halogens is 2. The summed E-state index contributed by atoms with van der Waals surface area (Å²) in [6.07, 6.45) is 1.82. The van der Waals surface area contributed by atoms with E-state index in [-0.39, 0.29) is 0 Å². The maximum atomic E-state index is 9.65. The summed E-state index contributed by atoms with van der Waals surface area (Å²) < 4.78 is 7.91. The van der Waals surface area contributed by atoms with Gasteiger partial charge in [0.15, 0.2) is 4.34 Å². The normalized spacial score (nSPS) is 11.4. The van der Waals surface area contributed by atoms with Gasteiger partial charge in [0, 0.05) is 21.2 Å². The number of rotatable bonds is 6. The number of nitriles is 1. The van der Waals surface area contributed by atoms with Crippen LogP contribution in [0.4, 0.5) is 0 Å². The Hall–Kier alpha value is -2.49. The summed E-state index contributed by atoms with van der Waals surface area (Å²) in [5.41, 5.74) is 2.59. The van der Waals surface area contributed by atoms with Gasteiger partial charge >= 0.3 is 0 Å². The van der Waals surface area contributed by atoms with Crippen molar-refractivity contribution in [3.05, 3.63) is 92.8 Å². The van der Waals surface area contributed by atoms with Crippen LogP contribution in [0, 0.1) is 11.3 Å². The van der Waals surface area contributed by atoms with Crippen molar-refractivity contribution in [2.24, 2.45) is 0 Å². The smallest absolute Gasteiger partial charge is 0.156 e. The minimum absolute atomic E-state index is 0.299. The molecular weight excluding hydrogens is 455 g/mol. The van der Waals surface area contributed by atoms with Crippen LogP contribution >= 0.6 is 46.3 Å². The number of hydrogen-bond donors (Lipinski definition) is 0. The highest BCUT2D eigenvalue weighted by Crippen LogP contribution is 2.35. The summed E-state index contributed by atoms with van der Waals surface area (Å²) in [7, 11) is 0. The lowest BCUT2D eigenvalue weighted by atomic mass is 10.2. The summed E-state index contributed by atoms with van der Waals surface area (Å²) in [5.74, 6) is 0.668. The van der Waals surface area contributed by atoms with Crippen LogP contribution in [0.15, 0.2) is 76.0 Å². The van der Waals surface area contributed by atoms with Crippen LogP contribution < -0.4 is 4.74 Å². The third kappa shape index (κ3) is 4.97. The Bertz CT molecular complexity index is 1240. The van der Waals surface area contributed by atoms with Crippen molar-refractivity contribution in [3.8, 4) is 11.8 Å². The van der Waals surface area contributed by atoms with E-state index in [4.69, 9.17) is 27.9 Å². The predicted octanol–water partition coefficient (Wildman–Crippen LogP) is 7.84. The van der Waals surface area contributed by atoms with Gasteiger partial charge in [-0.1, -0.05) is 59.6 Å². The van der Waals surface area contributed by atoms with Crippen LogP contribution in [-0.2, 0) is 6.61 Å². The van der Waals surface area contributed by atoms with Gasteiger partial charge in [0.1, 0.15) is 18.4 Å². The van der Waals surface area contributed by atoms with E-state index >= 15 is 0 Å². The summed E-state index contributed by atoms with van der Waals surface area (Å²) in [4.78, 5) is 5.13. The summed E-state index contributed by atoms with van der Waals surface area (Å²) in [6.45, 7) is 0.299. The fourth-order valence-corrected chi connectivity index (χ4v) is 5.17. The maximum absolute atomic E-state index is 9.65. The van der Waals surface area contributed by atoms with Crippen molar-refractivity contribution in [2.45, 2.75) is 10.9 Å². The van der Waals surface area contributed by atoms with E-state index in [1.54, 1.807) is 23.5 Å². The molecule has 148 valence electrons. The second kappa shape index (κ2) is 9.55. The number of ether oxygens (including phenoxy) is 1. The summed E-state index contributed by atoms with van der Waals surface area (Å²) in [6, 6.07) is 23.1. The minimum atomic E-state index is 0.299. The maximum Gasteiger partial charge on any atom is 0.156 e. The molecular formula is C23H14Cl2N2OS2. The van der Waals surface area contributed by atoms with Crippen LogP contribution in [0.25, 0.3) is 16.3 Å².